The van der Waals surface area contributed by atoms with Gasteiger partial charge in [0, 0.05) is 43.6 Å². The summed E-state index contributed by atoms with van der Waals surface area (Å²) in [6.07, 6.45) is 11.2. The highest BCUT2D eigenvalue weighted by Crippen LogP contribution is 2.39. The van der Waals surface area contributed by atoms with Gasteiger partial charge in [0.15, 0.2) is 0 Å². The average molecular weight is 433 g/mol. The van der Waals surface area contributed by atoms with Crippen molar-refractivity contribution in [1.82, 2.24) is 0 Å². The molecule has 0 aromatic heterocycles. The summed E-state index contributed by atoms with van der Waals surface area (Å²) in [4.78, 5) is 22.0. The second-order valence-corrected chi connectivity index (χ2v) is 8.87. The van der Waals surface area contributed by atoms with Gasteiger partial charge in [-0.05, 0) is 38.0 Å². The van der Waals surface area contributed by atoms with E-state index in [4.69, 9.17) is 9.84 Å². The molecule has 2 aliphatic rings. The summed E-state index contributed by atoms with van der Waals surface area (Å²) in [6.45, 7) is 3.34. The number of unbranched alkanes of at least 4 members (excludes halogenated alkanes) is 2. The Labute approximate surface area is 185 Å². The van der Waals surface area contributed by atoms with E-state index in [1.165, 1.54) is 19.8 Å². The second-order valence-electron chi connectivity index (χ2n) is 8.87. The second kappa shape index (κ2) is 12.7. The molecule has 2 saturated carbocycles. The maximum absolute atomic E-state index is 11.5. The predicted molar refractivity (Wildman–Crippen MR) is 118 cm³/mol. The first-order chi connectivity index (χ1) is 14.8. The minimum atomic E-state index is -0.953. The van der Waals surface area contributed by atoms with Crippen molar-refractivity contribution in [2.24, 2.45) is 23.7 Å². The van der Waals surface area contributed by atoms with Crippen LogP contribution in [-0.4, -0.2) is 45.6 Å². The molecule has 172 valence electrons. The van der Waals surface area contributed by atoms with Crippen LogP contribution in [-0.2, 0) is 14.3 Å². The van der Waals surface area contributed by atoms with Gasteiger partial charge in [-0.3, -0.25) is 4.79 Å². The summed E-state index contributed by atoms with van der Waals surface area (Å²) in [5.74, 6) is 5.38. The molecule has 2 rings (SSSR count). The first kappa shape index (κ1) is 25.2. The third kappa shape index (κ3) is 9.28. The number of carboxylic acid groups (broad SMARTS) is 1. The first-order valence-electron chi connectivity index (χ1n) is 11.4. The van der Waals surface area contributed by atoms with Gasteiger partial charge in [0.1, 0.15) is 6.10 Å². The molecule has 2 aliphatic carbocycles. The Balaban J connectivity index is 1.92. The summed E-state index contributed by atoms with van der Waals surface area (Å²) in [5.41, 5.74) is 0. The Morgan fingerprint density at radius 3 is 2.65 bits per heavy atom. The normalized spacial score (nSPS) is 27.7. The number of carboxylic acids is 1. The number of aliphatic hydroxyl groups excluding tert-OH is 2. The molecule has 0 aliphatic heterocycles. The van der Waals surface area contributed by atoms with Crippen molar-refractivity contribution in [3.63, 3.8) is 0 Å². The molecule has 0 saturated heterocycles. The molecule has 0 amide bonds. The number of hydrogen-bond acceptors (Lipinski definition) is 5. The molecular weight excluding hydrogens is 396 g/mol. The van der Waals surface area contributed by atoms with Gasteiger partial charge in [-0.2, -0.15) is 0 Å². The quantitative estimate of drug-likeness (QED) is 0.152. The van der Waals surface area contributed by atoms with Gasteiger partial charge in [0.05, 0.1) is 12.2 Å². The fraction of sp³-hybridized carbons (Fsp3) is 0.680. The fourth-order valence-corrected chi connectivity index (χ4v) is 4.07. The lowest BCUT2D eigenvalue weighted by molar-refractivity contribution is -0.148. The minimum Gasteiger partial charge on any atom is -0.478 e. The molecule has 0 bridgehead atoms. The number of carbonyl (C=O) groups is 2. The number of esters is 1. The Kier molecular flexibility index (Phi) is 10.3. The summed E-state index contributed by atoms with van der Waals surface area (Å²) >= 11 is 0. The highest BCUT2D eigenvalue weighted by Gasteiger charge is 2.42. The van der Waals surface area contributed by atoms with E-state index in [2.05, 4.69) is 11.8 Å². The summed E-state index contributed by atoms with van der Waals surface area (Å²) in [7, 11) is 0. The van der Waals surface area contributed by atoms with E-state index >= 15 is 0 Å². The maximum Gasteiger partial charge on any atom is 0.327 e. The SMILES string of the molecule is CC(=O)O[C@H]1C[C@@H](O)[C@H](/C=C/C(O)C(C)CC#CC2CC2)[C@H]1CCCC/C=C/C(=O)O. The Bertz CT molecular complexity index is 711. The molecule has 31 heavy (non-hydrogen) atoms. The zero-order chi connectivity index (χ0) is 22.8. The van der Waals surface area contributed by atoms with Crippen molar-refractivity contribution in [1.29, 1.82) is 0 Å². The molecule has 6 nitrogen and oxygen atoms in total. The van der Waals surface area contributed by atoms with E-state index in [-0.39, 0.29) is 29.8 Å². The van der Waals surface area contributed by atoms with Crippen molar-refractivity contribution in [2.45, 2.75) is 83.5 Å². The van der Waals surface area contributed by atoms with Gasteiger partial charge in [-0.1, -0.05) is 37.5 Å². The van der Waals surface area contributed by atoms with Gasteiger partial charge in [-0.15, -0.1) is 5.92 Å². The van der Waals surface area contributed by atoms with Crippen LogP contribution >= 0.6 is 0 Å². The average Bonchev–Trinajstić information content (AvgIpc) is 3.47. The number of hydrogen-bond donors (Lipinski definition) is 3. The van der Waals surface area contributed by atoms with Crippen molar-refractivity contribution in [2.75, 3.05) is 0 Å². The number of ether oxygens (including phenoxy) is 1. The van der Waals surface area contributed by atoms with E-state index in [1.807, 2.05) is 13.0 Å². The predicted octanol–water partition coefficient (Wildman–Crippen LogP) is 3.47. The number of allylic oxidation sites excluding steroid dienone is 1. The van der Waals surface area contributed by atoms with Crippen LogP contribution < -0.4 is 0 Å². The zero-order valence-corrected chi connectivity index (χ0v) is 18.6. The van der Waals surface area contributed by atoms with Crippen LogP contribution in [0, 0.1) is 35.5 Å². The van der Waals surface area contributed by atoms with Crippen LogP contribution in [0.2, 0.25) is 0 Å². The lowest BCUT2D eigenvalue weighted by atomic mass is 9.87. The molecule has 0 aromatic rings. The Morgan fingerprint density at radius 1 is 1.26 bits per heavy atom. The highest BCUT2D eigenvalue weighted by atomic mass is 16.5. The van der Waals surface area contributed by atoms with Gasteiger partial charge >= 0.3 is 11.9 Å². The Hall–Kier alpha value is -2.10. The highest BCUT2D eigenvalue weighted by molar-refractivity contribution is 5.79. The lowest BCUT2D eigenvalue weighted by Gasteiger charge is -2.23. The van der Waals surface area contributed by atoms with E-state index in [9.17, 15) is 19.8 Å². The van der Waals surface area contributed by atoms with Gasteiger partial charge in [-0.25, -0.2) is 4.79 Å². The third-order valence-corrected chi connectivity index (χ3v) is 6.05. The summed E-state index contributed by atoms with van der Waals surface area (Å²) in [5, 5.41) is 29.7. The van der Waals surface area contributed by atoms with Gasteiger partial charge in [0.25, 0.3) is 0 Å². The van der Waals surface area contributed by atoms with E-state index < -0.39 is 18.2 Å². The Morgan fingerprint density at radius 2 is 2.00 bits per heavy atom. The molecule has 0 heterocycles. The van der Waals surface area contributed by atoms with Crippen LogP contribution in [0.5, 0.6) is 0 Å². The molecule has 6 atom stereocenters. The van der Waals surface area contributed by atoms with Crippen LogP contribution in [0.15, 0.2) is 24.3 Å². The molecule has 2 fully saturated rings. The van der Waals surface area contributed by atoms with Crippen LogP contribution in [0.25, 0.3) is 0 Å². The van der Waals surface area contributed by atoms with Crippen LogP contribution in [0.1, 0.15) is 65.2 Å². The standard InChI is InChI=1S/C25H36O6/c1-17(8-7-9-19-12-13-19)22(27)15-14-20-21(10-5-3-4-6-11-25(29)30)24(16-23(20)28)31-18(2)26/h6,11,14-15,17,19-24,27-28H,3-5,8,10,12-13,16H2,1-2H3,(H,29,30)/b11-6+,15-14+/t17?,20-,21-,22?,23-,24+/m1/s1. The molecule has 0 aromatic carbocycles. The number of carbonyl (C=O) groups excluding carboxylic acids is 1. The summed E-state index contributed by atoms with van der Waals surface area (Å²) in [6, 6.07) is 0. The molecule has 2 unspecified atom stereocenters. The number of aliphatic hydroxyl groups is 2. The van der Waals surface area contributed by atoms with Crippen LogP contribution in [0.3, 0.4) is 0 Å². The van der Waals surface area contributed by atoms with Crippen molar-refractivity contribution in [3.8, 4) is 11.8 Å². The molecular formula is C25H36O6. The molecule has 0 spiro atoms. The summed E-state index contributed by atoms with van der Waals surface area (Å²) < 4.78 is 5.46. The molecule has 3 N–H and O–H groups in total. The first-order valence-corrected chi connectivity index (χ1v) is 11.4. The topological polar surface area (TPSA) is 104 Å². The van der Waals surface area contributed by atoms with Crippen molar-refractivity contribution >= 4 is 11.9 Å². The van der Waals surface area contributed by atoms with Crippen molar-refractivity contribution in [3.05, 3.63) is 24.3 Å². The third-order valence-electron chi connectivity index (χ3n) is 6.05. The van der Waals surface area contributed by atoms with Gasteiger partial charge < -0.3 is 20.1 Å². The van der Waals surface area contributed by atoms with E-state index in [0.717, 1.165) is 25.3 Å². The fourth-order valence-electron chi connectivity index (χ4n) is 4.07. The van der Waals surface area contributed by atoms with E-state index in [0.29, 0.717) is 25.2 Å². The smallest absolute Gasteiger partial charge is 0.327 e. The monoisotopic (exact) mass is 432 g/mol. The van der Waals surface area contributed by atoms with Gasteiger partial charge in [0.2, 0.25) is 0 Å². The van der Waals surface area contributed by atoms with E-state index in [1.54, 1.807) is 12.2 Å². The lowest BCUT2D eigenvalue weighted by Crippen LogP contribution is -2.25. The zero-order valence-electron chi connectivity index (χ0n) is 18.6. The van der Waals surface area contributed by atoms with Crippen molar-refractivity contribution < 1.29 is 29.6 Å². The largest absolute Gasteiger partial charge is 0.478 e. The molecule has 6 heteroatoms. The number of aliphatic carboxylic acids is 1. The van der Waals surface area contributed by atoms with Crippen LogP contribution in [0.4, 0.5) is 0 Å². The molecule has 0 radical (unpaired) electrons. The number of rotatable bonds is 11. The maximum atomic E-state index is 11.5. The minimum absolute atomic E-state index is 0.00443.